The molecule has 0 heterocycles. The zero-order chi connectivity index (χ0) is 20.2. The maximum Gasteiger partial charge on any atom is 0.261 e. The Labute approximate surface area is 173 Å². The topological polar surface area (TPSA) is 67.8 Å². The number of nitrogens with one attached hydrogen (secondary N) is 1. The number of hydrogen-bond donors (Lipinski definition) is 2. The van der Waals surface area contributed by atoms with E-state index in [0.717, 1.165) is 0 Å². The van der Waals surface area contributed by atoms with Crippen LogP contribution in [0.1, 0.15) is 20.8 Å². The Hall–Kier alpha value is -1.66. The molecule has 2 aromatic carbocycles. The van der Waals surface area contributed by atoms with Crippen LogP contribution < -0.4 is 14.8 Å². The Morgan fingerprint density at radius 3 is 2.44 bits per heavy atom. The molecule has 0 saturated carbocycles. The number of carbonyl (C=O) groups excluding carboxylic acids is 1. The number of carbonyl (C=O) groups is 1. The Balaban J connectivity index is 2.13. The largest absolute Gasteiger partial charge is 0.479 e. The molecule has 0 aliphatic carbocycles. The normalized spacial score (nSPS) is 12.4. The van der Waals surface area contributed by atoms with E-state index in [1.807, 2.05) is 0 Å². The molecule has 0 saturated heterocycles. The van der Waals surface area contributed by atoms with Gasteiger partial charge in [0.15, 0.2) is 6.10 Å². The molecule has 1 amide bonds. The summed E-state index contributed by atoms with van der Waals surface area (Å²) in [5, 5.41) is 13.1. The van der Waals surface area contributed by atoms with Crippen LogP contribution in [0.25, 0.3) is 0 Å². The number of ether oxygens (including phenoxy) is 2. The van der Waals surface area contributed by atoms with Gasteiger partial charge in [0, 0.05) is 11.1 Å². The molecule has 0 radical (unpaired) electrons. The van der Waals surface area contributed by atoms with Gasteiger partial charge in [0.05, 0.1) is 22.2 Å². The van der Waals surface area contributed by atoms with Crippen LogP contribution >= 0.6 is 34.8 Å². The van der Waals surface area contributed by atoms with Crippen LogP contribution in [0.2, 0.25) is 15.1 Å². The summed E-state index contributed by atoms with van der Waals surface area (Å²) in [6, 6.07) is 9.69. The number of aliphatic hydroxyl groups excluding tert-OH is 1. The van der Waals surface area contributed by atoms with Crippen LogP contribution in [0, 0.1) is 0 Å². The minimum Gasteiger partial charge on any atom is -0.479 e. The quantitative estimate of drug-likeness (QED) is 0.639. The van der Waals surface area contributed by atoms with E-state index in [0.29, 0.717) is 26.6 Å². The minimum absolute atomic E-state index is 0.197. The van der Waals surface area contributed by atoms with Gasteiger partial charge in [-0.1, -0.05) is 34.8 Å². The molecule has 0 aromatic heterocycles. The van der Waals surface area contributed by atoms with E-state index in [1.54, 1.807) is 57.2 Å². The molecule has 0 bridgehead atoms. The van der Waals surface area contributed by atoms with Gasteiger partial charge in [-0.3, -0.25) is 4.79 Å². The Bertz CT molecular complexity index is 827. The molecule has 2 N–H and O–H groups in total. The van der Waals surface area contributed by atoms with Crippen LogP contribution in [0.15, 0.2) is 36.4 Å². The maximum atomic E-state index is 12.2. The summed E-state index contributed by atoms with van der Waals surface area (Å²) in [6.45, 7) is 4.80. The van der Waals surface area contributed by atoms with Crippen molar-refractivity contribution in [3.05, 3.63) is 51.5 Å². The van der Waals surface area contributed by atoms with E-state index in [9.17, 15) is 9.90 Å². The number of aliphatic hydroxyl groups is 1. The van der Waals surface area contributed by atoms with E-state index in [1.165, 1.54) is 0 Å². The van der Waals surface area contributed by atoms with Gasteiger partial charge in [-0.2, -0.15) is 0 Å². The number of rotatable bonds is 7. The molecule has 27 heavy (non-hydrogen) atoms. The third-order valence-corrected chi connectivity index (χ3v) is 4.40. The van der Waals surface area contributed by atoms with Gasteiger partial charge in [0.25, 0.3) is 5.91 Å². The maximum absolute atomic E-state index is 12.2. The lowest BCUT2D eigenvalue weighted by Gasteiger charge is -2.26. The lowest BCUT2D eigenvalue weighted by molar-refractivity contribution is -0.129. The van der Waals surface area contributed by atoms with E-state index >= 15 is 0 Å². The molecule has 146 valence electrons. The van der Waals surface area contributed by atoms with Crippen LogP contribution in [-0.2, 0) is 4.79 Å². The summed E-state index contributed by atoms with van der Waals surface area (Å²) in [7, 11) is 0. The first-order valence-corrected chi connectivity index (χ1v) is 9.26. The molecule has 1 atom stereocenters. The molecule has 8 heteroatoms. The summed E-state index contributed by atoms with van der Waals surface area (Å²) >= 11 is 18.2. The zero-order valence-corrected chi connectivity index (χ0v) is 17.3. The van der Waals surface area contributed by atoms with E-state index in [4.69, 9.17) is 44.3 Å². The molecule has 0 fully saturated rings. The summed E-state index contributed by atoms with van der Waals surface area (Å²) in [5.41, 5.74) is -0.755. The smallest absolute Gasteiger partial charge is 0.261 e. The predicted octanol–water partition coefficient (Wildman–Crippen LogP) is 5.09. The summed E-state index contributed by atoms with van der Waals surface area (Å²) in [4.78, 5) is 12.2. The second-order valence-corrected chi connectivity index (χ2v) is 7.81. The molecule has 0 aliphatic heterocycles. The third-order valence-electron chi connectivity index (χ3n) is 3.55. The number of hydrogen-bond acceptors (Lipinski definition) is 4. The standard InChI is InChI=1S/C19H20Cl3NO4/c1-11(18(25)23-19(2,3)10-24)26-17-9-13(5-6-14(17)21)27-16-7-4-12(20)8-15(16)22/h4-9,11,24H,10H2,1-3H3,(H,23,25). The molecule has 0 spiro atoms. The van der Waals surface area contributed by atoms with Gasteiger partial charge in [-0.05, 0) is 51.1 Å². The van der Waals surface area contributed by atoms with Gasteiger partial charge in [-0.15, -0.1) is 0 Å². The highest BCUT2D eigenvalue weighted by atomic mass is 35.5. The fourth-order valence-corrected chi connectivity index (χ4v) is 2.65. The average molecular weight is 433 g/mol. The Kier molecular flexibility index (Phi) is 7.23. The van der Waals surface area contributed by atoms with Gasteiger partial charge in [0.1, 0.15) is 17.2 Å². The highest BCUT2D eigenvalue weighted by Gasteiger charge is 2.24. The van der Waals surface area contributed by atoms with Crippen molar-refractivity contribution in [2.24, 2.45) is 0 Å². The Morgan fingerprint density at radius 2 is 1.81 bits per heavy atom. The first-order chi connectivity index (χ1) is 12.6. The lowest BCUT2D eigenvalue weighted by Crippen LogP contribution is -2.50. The second-order valence-electron chi connectivity index (χ2n) is 6.56. The predicted molar refractivity (Wildman–Crippen MR) is 107 cm³/mol. The van der Waals surface area contributed by atoms with Crippen LogP contribution in [0.4, 0.5) is 0 Å². The third kappa shape index (κ3) is 6.18. The van der Waals surface area contributed by atoms with Crippen molar-refractivity contribution < 1.29 is 19.4 Å². The van der Waals surface area contributed by atoms with Crippen LogP contribution in [-0.4, -0.2) is 29.3 Å². The molecule has 2 rings (SSSR count). The van der Waals surface area contributed by atoms with E-state index in [-0.39, 0.29) is 18.3 Å². The van der Waals surface area contributed by atoms with Gasteiger partial charge in [0.2, 0.25) is 0 Å². The molecule has 2 aromatic rings. The van der Waals surface area contributed by atoms with Crippen molar-refractivity contribution in [2.75, 3.05) is 6.61 Å². The van der Waals surface area contributed by atoms with Crippen LogP contribution in [0.5, 0.6) is 17.2 Å². The number of amides is 1. The van der Waals surface area contributed by atoms with Crippen LogP contribution in [0.3, 0.4) is 0 Å². The van der Waals surface area contributed by atoms with Crippen molar-refractivity contribution in [3.8, 4) is 17.2 Å². The van der Waals surface area contributed by atoms with E-state index < -0.39 is 11.6 Å². The van der Waals surface area contributed by atoms with Crippen molar-refractivity contribution in [3.63, 3.8) is 0 Å². The number of halogens is 3. The molecule has 1 unspecified atom stereocenters. The van der Waals surface area contributed by atoms with Crippen molar-refractivity contribution >= 4 is 40.7 Å². The average Bonchev–Trinajstić information content (AvgIpc) is 2.59. The lowest BCUT2D eigenvalue weighted by atomic mass is 10.1. The first-order valence-electron chi connectivity index (χ1n) is 8.13. The minimum atomic E-state index is -0.831. The monoisotopic (exact) mass is 431 g/mol. The molecule has 0 aliphatic rings. The highest BCUT2D eigenvalue weighted by Crippen LogP contribution is 2.35. The van der Waals surface area contributed by atoms with Crippen molar-refractivity contribution in [1.82, 2.24) is 5.32 Å². The fraction of sp³-hybridized carbons (Fsp3) is 0.316. The molecular formula is C19H20Cl3NO4. The van der Waals surface area contributed by atoms with Crippen molar-refractivity contribution in [1.29, 1.82) is 0 Å². The first kappa shape index (κ1) is 21.6. The van der Waals surface area contributed by atoms with Crippen molar-refractivity contribution in [2.45, 2.75) is 32.4 Å². The zero-order valence-electron chi connectivity index (χ0n) is 15.1. The molecular weight excluding hydrogens is 413 g/mol. The highest BCUT2D eigenvalue weighted by molar-refractivity contribution is 6.35. The van der Waals surface area contributed by atoms with Gasteiger partial charge >= 0.3 is 0 Å². The van der Waals surface area contributed by atoms with E-state index in [2.05, 4.69) is 5.32 Å². The van der Waals surface area contributed by atoms with Gasteiger partial charge in [-0.25, -0.2) is 0 Å². The second kappa shape index (κ2) is 9.02. The van der Waals surface area contributed by atoms with Gasteiger partial charge < -0.3 is 19.9 Å². The fourth-order valence-electron chi connectivity index (χ4n) is 2.04. The summed E-state index contributed by atoms with van der Waals surface area (Å²) in [5.74, 6) is 0.757. The SMILES string of the molecule is CC(Oc1cc(Oc2ccc(Cl)cc2Cl)ccc1Cl)C(=O)NC(C)(C)CO. The summed E-state index contributed by atoms with van der Waals surface area (Å²) < 4.78 is 11.4. The molecule has 5 nitrogen and oxygen atoms in total. The Morgan fingerprint density at radius 1 is 1.11 bits per heavy atom. The number of benzene rings is 2. The summed E-state index contributed by atoms with van der Waals surface area (Å²) in [6.07, 6.45) is -0.831.